The third kappa shape index (κ3) is 11.8. The van der Waals surface area contributed by atoms with Crippen molar-refractivity contribution in [3.05, 3.63) is 55.1 Å². The van der Waals surface area contributed by atoms with Gasteiger partial charge in [-0.3, -0.25) is 0 Å². The Kier molecular flexibility index (Phi) is 11.3. The van der Waals surface area contributed by atoms with Crippen LogP contribution in [0.3, 0.4) is 0 Å². The molecule has 1 aromatic carbocycles. The standard InChI is InChI=1S/C7H8O3.2C3H4O2/c8-6-4-2-1-3-5(6)7(9)10;2*1-2-3(4)5/h1-4,7-10H;2*2H,1H2,(H,4,5). The van der Waals surface area contributed by atoms with Crippen LogP contribution in [0, 0.1) is 0 Å². The summed E-state index contributed by atoms with van der Waals surface area (Å²) in [6.07, 6.45) is 0.0706. The molecule has 7 heteroatoms. The van der Waals surface area contributed by atoms with Gasteiger partial charge in [0.25, 0.3) is 0 Å². The Bertz CT molecular complexity index is 434. The molecule has 0 amide bonds. The van der Waals surface area contributed by atoms with Gasteiger partial charge in [0, 0.05) is 17.7 Å². The Morgan fingerprint density at radius 3 is 1.55 bits per heavy atom. The second-order valence-corrected chi connectivity index (χ2v) is 3.02. The maximum Gasteiger partial charge on any atom is 0.327 e. The van der Waals surface area contributed by atoms with Crippen molar-refractivity contribution in [3.63, 3.8) is 0 Å². The Balaban J connectivity index is 0. The SMILES string of the molecule is C=CC(=O)O.C=CC(=O)O.Oc1ccccc1C(O)O. The summed E-state index contributed by atoms with van der Waals surface area (Å²) in [4.78, 5) is 18.5. The summed E-state index contributed by atoms with van der Waals surface area (Å²) in [6, 6.07) is 6.07. The van der Waals surface area contributed by atoms with Crippen molar-refractivity contribution in [3.8, 4) is 5.75 Å². The van der Waals surface area contributed by atoms with Crippen molar-refractivity contribution in [2.75, 3.05) is 0 Å². The third-order valence-electron chi connectivity index (χ3n) is 1.56. The summed E-state index contributed by atoms with van der Waals surface area (Å²) in [6.45, 7) is 5.92. The first-order valence-corrected chi connectivity index (χ1v) is 5.11. The highest BCUT2D eigenvalue weighted by Crippen LogP contribution is 2.20. The van der Waals surface area contributed by atoms with Crippen molar-refractivity contribution < 1.29 is 35.1 Å². The summed E-state index contributed by atoms with van der Waals surface area (Å²) >= 11 is 0. The molecule has 1 aromatic rings. The van der Waals surface area contributed by atoms with Gasteiger partial charge in [0.2, 0.25) is 0 Å². The highest BCUT2D eigenvalue weighted by atomic mass is 16.5. The molecule has 0 atom stereocenters. The quantitative estimate of drug-likeness (QED) is 0.411. The number of aromatic hydroxyl groups is 1. The molecule has 0 radical (unpaired) electrons. The normalized spacial score (nSPS) is 8.35. The molecular weight excluding hydrogens is 268 g/mol. The lowest BCUT2D eigenvalue weighted by atomic mass is 10.2. The second-order valence-electron chi connectivity index (χ2n) is 3.02. The molecule has 0 aromatic heterocycles. The highest BCUT2D eigenvalue weighted by Gasteiger charge is 2.05. The molecule has 0 aliphatic heterocycles. The molecule has 1 rings (SSSR count). The number of carbonyl (C=O) groups is 2. The molecule has 20 heavy (non-hydrogen) atoms. The van der Waals surface area contributed by atoms with Crippen molar-refractivity contribution in [1.82, 2.24) is 0 Å². The predicted octanol–water partition coefficient (Wildman–Crippen LogP) is 0.889. The number of para-hydroxylation sites is 1. The molecule has 110 valence electrons. The zero-order chi connectivity index (χ0) is 16.1. The zero-order valence-corrected chi connectivity index (χ0v) is 10.5. The molecule has 0 saturated heterocycles. The summed E-state index contributed by atoms with van der Waals surface area (Å²) in [7, 11) is 0. The number of phenols is 1. The summed E-state index contributed by atoms with van der Waals surface area (Å²) in [5.74, 6) is -2.06. The number of aliphatic carboxylic acids is 2. The fourth-order valence-electron chi connectivity index (χ4n) is 0.706. The lowest BCUT2D eigenvalue weighted by Crippen LogP contribution is -1.93. The topological polar surface area (TPSA) is 135 Å². The average molecular weight is 284 g/mol. The molecule has 0 spiro atoms. The van der Waals surface area contributed by atoms with Crippen LogP contribution in [0.2, 0.25) is 0 Å². The van der Waals surface area contributed by atoms with Crippen LogP contribution in [0.25, 0.3) is 0 Å². The number of aliphatic hydroxyl groups is 2. The van der Waals surface area contributed by atoms with Gasteiger partial charge in [-0.15, -0.1) is 0 Å². The van der Waals surface area contributed by atoms with Crippen molar-refractivity contribution in [2.24, 2.45) is 0 Å². The molecule has 0 aliphatic rings. The van der Waals surface area contributed by atoms with Crippen LogP contribution >= 0.6 is 0 Å². The van der Waals surface area contributed by atoms with Crippen LogP contribution in [-0.2, 0) is 9.59 Å². The van der Waals surface area contributed by atoms with Gasteiger partial charge in [0.15, 0.2) is 6.29 Å². The molecule has 5 N–H and O–H groups in total. The molecule has 0 bridgehead atoms. The molecule has 0 saturated carbocycles. The van der Waals surface area contributed by atoms with E-state index in [0.29, 0.717) is 0 Å². The molecule has 0 aliphatic carbocycles. The van der Waals surface area contributed by atoms with Gasteiger partial charge in [-0.05, 0) is 6.07 Å². The summed E-state index contributed by atoms with van der Waals surface area (Å²) in [5, 5.41) is 41.4. The van der Waals surface area contributed by atoms with E-state index in [-0.39, 0.29) is 11.3 Å². The van der Waals surface area contributed by atoms with Gasteiger partial charge in [-0.25, -0.2) is 9.59 Å². The first-order chi connectivity index (χ1) is 9.26. The van der Waals surface area contributed by atoms with Crippen LogP contribution in [0.15, 0.2) is 49.6 Å². The number of aliphatic hydroxyl groups excluding tert-OH is 1. The fourth-order valence-corrected chi connectivity index (χ4v) is 0.706. The number of carboxylic acids is 2. The Morgan fingerprint density at radius 1 is 1.00 bits per heavy atom. The van der Waals surface area contributed by atoms with Gasteiger partial charge in [-0.2, -0.15) is 0 Å². The molecular formula is C13H16O7. The van der Waals surface area contributed by atoms with E-state index in [1.54, 1.807) is 12.1 Å². The summed E-state index contributed by atoms with van der Waals surface area (Å²) in [5.41, 5.74) is 0.127. The predicted molar refractivity (Wildman–Crippen MR) is 71.0 cm³/mol. The largest absolute Gasteiger partial charge is 0.507 e. The maximum atomic E-state index is 9.25. The van der Waals surface area contributed by atoms with Crippen LogP contribution < -0.4 is 0 Å². The lowest BCUT2D eigenvalue weighted by molar-refractivity contribution is -0.132. The molecule has 7 nitrogen and oxygen atoms in total. The summed E-state index contributed by atoms with van der Waals surface area (Å²) < 4.78 is 0. The number of phenolic OH excluding ortho intramolecular Hbond substituents is 1. The van der Waals surface area contributed by atoms with E-state index in [1.165, 1.54) is 12.1 Å². The van der Waals surface area contributed by atoms with Crippen LogP contribution in [0.1, 0.15) is 11.9 Å². The number of hydrogen-bond acceptors (Lipinski definition) is 5. The Morgan fingerprint density at radius 2 is 1.35 bits per heavy atom. The number of rotatable bonds is 3. The number of carboxylic acid groups (broad SMARTS) is 2. The van der Waals surface area contributed by atoms with E-state index in [9.17, 15) is 9.59 Å². The van der Waals surface area contributed by atoms with Crippen molar-refractivity contribution >= 4 is 11.9 Å². The van der Waals surface area contributed by atoms with Gasteiger partial charge in [-0.1, -0.05) is 31.4 Å². The fraction of sp³-hybridized carbons (Fsp3) is 0.0769. The monoisotopic (exact) mass is 284 g/mol. The number of benzene rings is 1. The molecule has 0 heterocycles. The zero-order valence-electron chi connectivity index (χ0n) is 10.5. The second kappa shape index (κ2) is 11.5. The van der Waals surface area contributed by atoms with Crippen molar-refractivity contribution in [2.45, 2.75) is 6.29 Å². The third-order valence-corrected chi connectivity index (χ3v) is 1.56. The van der Waals surface area contributed by atoms with Crippen LogP contribution in [-0.4, -0.2) is 37.5 Å². The van der Waals surface area contributed by atoms with Crippen LogP contribution in [0.5, 0.6) is 5.75 Å². The Hall–Kier alpha value is -2.64. The van der Waals surface area contributed by atoms with E-state index in [1.807, 2.05) is 0 Å². The van der Waals surface area contributed by atoms with E-state index in [0.717, 1.165) is 12.2 Å². The molecule has 0 fully saturated rings. The highest BCUT2D eigenvalue weighted by molar-refractivity contribution is 5.79. The van der Waals surface area contributed by atoms with E-state index in [4.69, 9.17) is 25.5 Å². The first kappa shape index (κ1) is 19.7. The van der Waals surface area contributed by atoms with Gasteiger partial charge in [0.1, 0.15) is 5.75 Å². The molecule has 0 unspecified atom stereocenters. The van der Waals surface area contributed by atoms with Gasteiger partial charge < -0.3 is 25.5 Å². The van der Waals surface area contributed by atoms with Gasteiger partial charge >= 0.3 is 11.9 Å². The minimum absolute atomic E-state index is 0.0995. The Labute approximate surface area is 115 Å². The van der Waals surface area contributed by atoms with E-state index in [2.05, 4.69) is 13.2 Å². The number of hydrogen-bond donors (Lipinski definition) is 5. The van der Waals surface area contributed by atoms with E-state index < -0.39 is 18.2 Å². The first-order valence-electron chi connectivity index (χ1n) is 5.11. The van der Waals surface area contributed by atoms with Crippen molar-refractivity contribution in [1.29, 1.82) is 0 Å². The minimum atomic E-state index is -1.60. The van der Waals surface area contributed by atoms with E-state index >= 15 is 0 Å². The lowest BCUT2D eigenvalue weighted by Gasteiger charge is -2.04. The minimum Gasteiger partial charge on any atom is -0.507 e. The van der Waals surface area contributed by atoms with Crippen LogP contribution in [0.4, 0.5) is 0 Å². The van der Waals surface area contributed by atoms with Gasteiger partial charge in [0.05, 0.1) is 0 Å². The smallest absolute Gasteiger partial charge is 0.327 e. The maximum absolute atomic E-state index is 9.25. The average Bonchev–Trinajstić information content (AvgIpc) is 2.40.